The summed E-state index contributed by atoms with van der Waals surface area (Å²) in [5.41, 5.74) is 7.98. The van der Waals surface area contributed by atoms with Crippen LogP contribution < -0.4 is 10.6 Å². The number of nitrogens with two attached hydrogens (primary N) is 1. The van der Waals surface area contributed by atoms with Crippen LogP contribution in [0.3, 0.4) is 0 Å². The quantitative estimate of drug-likeness (QED) is 0.671. The maximum Gasteiger partial charge on any atom is 0.271 e. The molecule has 1 aromatic carbocycles. The molecule has 2 atom stereocenters. The second-order valence-electron chi connectivity index (χ2n) is 5.41. The highest BCUT2D eigenvalue weighted by atomic mass is 16.6. The van der Waals surface area contributed by atoms with Gasteiger partial charge in [-0.1, -0.05) is 6.07 Å². The zero-order chi connectivity index (χ0) is 14.0. The summed E-state index contributed by atoms with van der Waals surface area (Å²) >= 11 is 0. The Labute approximate surface area is 113 Å². The van der Waals surface area contributed by atoms with Crippen molar-refractivity contribution >= 4 is 11.4 Å². The molecule has 0 aliphatic carbocycles. The lowest BCUT2D eigenvalue weighted by atomic mass is 9.92. The highest BCUT2D eigenvalue weighted by Crippen LogP contribution is 2.32. The summed E-state index contributed by atoms with van der Waals surface area (Å²) in [5, 5.41) is 10.9. The molecule has 1 aliphatic heterocycles. The smallest absolute Gasteiger partial charge is 0.271 e. The molecule has 104 valence electrons. The fourth-order valence-corrected chi connectivity index (χ4v) is 2.73. The molecule has 0 aromatic heterocycles. The zero-order valence-corrected chi connectivity index (χ0v) is 11.5. The third-order valence-electron chi connectivity index (χ3n) is 4.03. The molecule has 0 bridgehead atoms. The van der Waals surface area contributed by atoms with Crippen LogP contribution in [-0.2, 0) is 0 Å². The van der Waals surface area contributed by atoms with Crippen LogP contribution >= 0.6 is 0 Å². The minimum absolute atomic E-state index is 0.155. The van der Waals surface area contributed by atoms with Gasteiger partial charge in [-0.3, -0.25) is 10.1 Å². The van der Waals surface area contributed by atoms with Gasteiger partial charge >= 0.3 is 0 Å². The zero-order valence-electron chi connectivity index (χ0n) is 11.5. The highest BCUT2D eigenvalue weighted by Gasteiger charge is 2.26. The lowest BCUT2D eigenvalue weighted by Crippen LogP contribution is -2.44. The van der Waals surface area contributed by atoms with Crippen LogP contribution in [-0.4, -0.2) is 24.1 Å². The van der Waals surface area contributed by atoms with Crippen LogP contribution in [0.4, 0.5) is 11.4 Å². The van der Waals surface area contributed by atoms with E-state index in [0.717, 1.165) is 30.6 Å². The van der Waals surface area contributed by atoms with E-state index in [9.17, 15) is 10.1 Å². The second kappa shape index (κ2) is 5.57. The van der Waals surface area contributed by atoms with Gasteiger partial charge in [0, 0.05) is 30.4 Å². The molecule has 1 aliphatic rings. The minimum atomic E-state index is -0.335. The molecule has 2 unspecified atom stereocenters. The predicted molar refractivity (Wildman–Crippen MR) is 76.4 cm³/mol. The Kier molecular flexibility index (Phi) is 4.04. The van der Waals surface area contributed by atoms with Gasteiger partial charge in [0.15, 0.2) is 0 Å². The first-order valence-electron chi connectivity index (χ1n) is 6.74. The number of nitrogens with zero attached hydrogens (tertiary/aromatic N) is 2. The molecule has 0 amide bonds. The van der Waals surface area contributed by atoms with Crippen LogP contribution in [0.25, 0.3) is 0 Å². The van der Waals surface area contributed by atoms with Crippen molar-refractivity contribution in [1.29, 1.82) is 0 Å². The first-order valence-corrected chi connectivity index (χ1v) is 6.74. The monoisotopic (exact) mass is 263 g/mol. The maximum atomic E-state index is 10.9. The third-order valence-corrected chi connectivity index (χ3v) is 4.03. The Balaban J connectivity index is 2.33. The van der Waals surface area contributed by atoms with Crippen LogP contribution in [0.2, 0.25) is 0 Å². The molecule has 5 nitrogen and oxygen atoms in total. The topological polar surface area (TPSA) is 72.4 Å². The number of hydrogen-bond donors (Lipinski definition) is 1. The Morgan fingerprint density at radius 3 is 2.84 bits per heavy atom. The van der Waals surface area contributed by atoms with Gasteiger partial charge in [0.25, 0.3) is 5.69 Å². The maximum absolute atomic E-state index is 10.9. The van der Waals surface area contributed by atoms with E-state index in [2.05, 4.69) is 11.8 Å². The van der Waals surface area contributed by atoms with Gasteiger partial charge in [-0.15, -0.1) is 0 Å². The summed E-state index contributed by atoms with van der Waals surface area (Å²) < 4.78 is 0. The van der Waals surface area contributed by atoms with Gasteiger partial charge < -0.3 is 10.6 Å². The normalized spacial score (nSPS) is 23.4. The number of nitro benzene ring substituents is 1. The SMILES string of the molecule is Cc1ccc([N+](=O)[O-])cc1N1CC(CN)CCC1C. The Hall–Kier alpha value is -1.62. The lowest BCUT2D eigenvalue weighted by molar-refractivity contribution is -0.384. The first kappa shape index (κ1) is 13.8. The molecule has 1 aromatic rings. The number of benzene rings is 1. The average Bonchev–Trinajstić information content (AvgIpc) is 2.40. The van der Waals surface area contributed by atoms with Crippen LogP contribution in [0.1, 0.15) is 25.3 Å². The van der Waals surface area contributed by atoms with E-state index < -0.39 is 0 Å². The number of rotatable bonds is 3. The van der Waals surface area contributed by atoms with Gasteiger partial charge in [-0.2, -0.15) is 0 Å². The van der Waals surface area contributed by atoms with Gasteiger partial charge in [0.05, 0.1) is 4.92 Å². The number of aryl methyl sites for hydroxylation is 1. The number of non-ortho nitro benzene ring substituents is 1. The van der Waals surface area contributed by atoms with Crippen LogP contribution in [0, 0.1) is 23.0 Å². The standard InChI is InChI=1S/C14H21N3O2/c1-10-3-6-13(17(18)19)7-14(10)16-9-12(8-15)5-4-11(16)2/h3,6-7,11-12H,4-5,8-9,15H2,1-2H3. The largest absolute Gasteiger partial charge is 0.368 e. The molecule has 19 heavy (non-hydrogen) atoms. The number of piperidine rings is 1. The summed E-state index contributed by atoms with van der Waals surface area (Å²) in [4.78, 5) is 12.8. The van der Waals surface area contributed by atoms with E-state index in [0.29, 0.717) is 18.5 Å². The molecular formula is C14H21N3O2. The molecule has 2 N–H and O–H groups in total. The summed E-state index contributed by atoms with van der Waals surface area (Å²) in [7, 11) is 0. The molecule has 0 spiro atoms. The molecule has 1 saturated heterocycles. The number of nitro groups is 1. The van der Waals surface area contributed by atoms with E-state index >= 15 is 0 Å². The van der Waals surface area contributed by atoms with Crippen molar-refractivity contribution in [2.75, 3.05) is 18.0 Å². The molecule has 0 radical (unpaired) electrons. The summed E-state index contributed by atoms with van der Waals surface area (Å²) in [6.07, 6.45) is 2.23. The second-order valence-corrected chi connectivity index (χ2v) is 5.41. The van der Waals surface area contributed by atoms with Crippen molar-refractivity contribution in [2.45, 2.75) is 32.7 Å². The van der Waals surface area contributed by atoms with Crippen molar-refractivity contribution in [3.63, 3.8) is 0 Å². The highest BCUT2D eigenvalue weighted by molar-refractivity contribution is 5.59. The lowest BCUT2D eigenvalue weighted by Gasteiger charge is -2.40. The Morgan fingerprint density at radius 1 is 1.47 bits per heavy atom. The molecule has 1 heterocycles. The van der Waals surface area contributed by atoms with E-state index in [1.807, 2.05) is 13.0 Å². The van der Waals surface area contributed by atoms with Gasteiger partial charge in [-0.25, -0.2) is 0 Å². The predicted octanol–water partition coefficient (Wildman–Crippen LogP) is 2.47. The molecular weight excluding hydrogens is 242 g/mol. The van der Waals surface area contributed by atoms with Crippen molar-refractivity contribution in [2.24, 2.45) is 11.7 Å². The molecule has 1 fully saturated rings. The van der Waals surface area contributed by atoms with E-state index in [1.54, 1.807) is 12.1 Å². The van der Waals surface area contributed by atoms with E-state index in [-0.39, 0.29) is 10.6 Å². The van der Waals surface area contributed by atoms with Crippen molar-refractivity contribution in [3.05, 3.63) is 33.9 Å². The van der Waals surface area contributed by atoms with Crippen LogP contribution in [0.15, 0.2) is 18.2 Å². The first-order chi connectivity index (χ1) is 9.02. The third kappa shape index (κ3) is 2.87. The van der Waals surface area contributed by atoms with Crippen LogP contribution in [0.5, 0.6) is 0 Å². The fraction of sp³-hybridized carbons (Fsp3) is 0.571. The molecule has 5 heteroatoms. The summed E-state index contributed by atoms with van der Waals surface area (Å²) in [6, 6.07) is 5.48. The minimum Gasteiger partial charge on any atom is -0.368 e. The average molecular weight is 263 g/mol. The Bertz CT molecular complexity index is 476. The number of hydrogen-bond acceptors (Lipinski definition) is 4. The van der Waals surface area contributed by atoms with Gasteiger partial charge in [-0.05, 0) is 44.7 Å². The molecule has 0 saturated carbocycles. The Morgan fingerprint density at radius 2 is 2.21 bits per heavy atom. The fourth-order valence-electron chi connectivity index (χ4n) is 2.73. The van der Waals surface area contributed by atoms with E-state index in [1.165, 1.54) is 0 Å². The van der Waals surface area contributed by atoms with Crippen molar-refractivity contribution in [1.82, 2.24) is 0 Å². The summed E-state index contributed by atoms with van der Waals surface area (Å²) in [5.74, 6) is 0.481. The summed E-state index contributed by atoms with van der Waals surface area (Å²) in [6.45, 7) is 5.74. The van der Waals surface area contributed by atoms with E-state index in [4.69, 9.17) is 5.73 Å². The van der Waals surface area contributed by atoms with Crippen molar-refractivity contribution < 1.29 is 4.92 Å². The van der Waals surface area contributed by atoms with Gasteiger partial charge in [0.2, 0.25) is 0 Å². The van der Waals surface area contributed by atoms with Crippen molar-refractivity contribution in [3.8, 4) is 0 Å². The van der Waals surface area contributed by atoms with Gasteiger partial charge in [0.1, 0.15) is 0 Å². The number of anilines is 1. The molecule has 2 rings (SSSR count).